The fourth-order valence-electron chi connectivity index (χ4n) is 1.34. The smallest absolute Gasteiger partial charge is 0.126 e. The molecule has 0 saturated heterocycles. The molecule has 0 unspecified atom stereocenters. The summed E-state index contributed by atoms with van der Waals surface area (Å²) < 4.78 is 13.1. The van der Waals surface area contributed by atoms with E-state index in [0.717, 1.165) is 5.56 Å². The summed E-state index contributed by atoms with van der Waals surface area (Å²) in [5, 5.41) is 0. The highest BCUT2D eigenvalue weighted by Crippen LogP contribution is 2.23. The highest BCUT2D eigenvalue weighted by Gasteiger charge is 2.14. The first kappa shape index (κ1) is 10.2. The van der Waals surface area contributed by atoms with Gasteiger partial charge in [-0.15, -0.1) is 0 Å². The molecule has 72 valence electrons. The van der Waals surface area contributed by atoms with Crippen LogP contribution in [-0.2, 0) is 0 Å². The quantitative estimate of drug-likeness (QED) is 0.746. The fourth-order valence-corrected chi connectivity index (χ4v) is 1.34. The lowest BCUT2D eigenvalue weighted by Gasteiger charge is -2.18. The summed E-state index contributed by atoms with van der Waals surface area (Å²) in [7, 11) is 0. The van der Waals surface area contributed by atoms with Gasteiger partial charge in [-0.25, -0.2) is 4.39 Å². The van der Waals surface area contributed by atoms with Crippen LogP contribution in [0.5, 0.6) is 0 Å². The van der Waals surface area contributed by atoms with Gasteiger partial charge < -0.3 is 5.73 Å². The SMILES string of the molecule is Cc1c(F)cccc1[C@@H](N)C(C)C. The first-order valence-corrected chi connectivity index (χ1v) is 4.54. The minimum Gasteiger partial charge on any atom is -0.324 e. The molecule has 0 heterocycles. The lowest BCUT2D eigenvalue weighted by atomic mass is 9.93. The molecule has 0 fully saturated rings. The lowest BCUT2D eigenvalue weighted by Crippen LogP contribution is -2.18. The van der Waals surface area contributed by atoms with E-state index in [9.17, 15) is 4.39 Å². The molecular formula is C11H16FN. The van der Waals surface area contributed by atoms with Crippen molar-refractivity contribution in [3.63, 3.8) is 0 Å². The van der Waals surface area contributed by atoms with Crippen molar-refractivity contribution >= 4 is 0 Å². The van der Waals surface area contributed by atoms with Crippen molar-refractivity contribution in [1.82, 2.24) is 0 Å². The van der Waals surface area contributed by atoms with E-state index in [1.165, 1.54) is 6.07 Å². The van der Waals surface area contributed by atoms with E-state index in [1.807, 2.05) is 19.9 Å². The Bertz CT molecular complexity index is 294. The van der Waals surface area contributed by atoms with E-state index in [2.05, 4.69) is 0 Å². The van der Waals surface area contributed by atoms with Crippen LogP contribution in [0.15, 0.2) is 18.2 Å². The van der Waals surface area contributed by atoms with Gasteiger partial charge in [-0.2, -0.15) is 0 Å². The van der Waals surface area contributed by atoms with Crippen molar-refractivity contribution in [3.8, 4) is 0 Å². The van der Waals surface area contributed by atoms with Gasteiger partial charge in [-0.1, -0.05) is 26.0 Å². The van der Waals surface area contributed by atoms with E-state index in [4.69, 9.17) is 5.73 Å². The third-order valence-electron chi connectivity index (χ3n) is 2.39. The first-order valence-electron chi connectivity index (χ1n) is 4.54. The van der Waals surface area contributed by atoms with Crippen LogP contribution in [0.2, 0.25) is 0 Å². The maximum absolute atomic E-state index is 13.1. The molecule has 1 nitrogen and oxygen atoms in total. The predicted octanol–water partition coefficient (Wildman–Crippen LogP) is 2.79. The van der Waals surface area contributed by atoms with Crippen LogP contribution in [0.25, 0.3) is 0 Å². The highest BCUT2D eigenvalue weighted by molar-refractivity contribution is 5.30. The Morgan fingerprint density at radius 3 is 2.46 bits per heavy atom. The van der Waals surface area contributed by atoms with E-state index >= 15 is 0 Å². The summed E-state index contributed by atoms with van der Waals surface area (Å²) in [5.41, 5.74) is 7.52. The molecular weight excluding hydrogens is 165 g/mol. The number of benzene rings is 1. The Morgan fingerprint density at radius 2 is 1.92 bits per heavy atom. The molecule has 2 N–H and O–H groups in total. The van der Waals surface area contributed by atoms with Gasteiger partial charge in [0.2, 0.25) is 0 Å². The van der Waals surface area contributed by atoms with Crippen LogP contribution >= 0.6 is 0 Å². The zero-order valence-corrected chi connectivity index (χ0v) is 8.34. The summed E-state index contributed by atoms with van der Waals surface area (Å²) in [4.78, 5) is 0. The number of hydrogen-bond donors (Lipinski definition) is 1. The Balaban J connectivity index is 3.07. The van der Waals surface area contributed by atoms with E-state index in [0.29, 0.717) is 11.5 Å². The topological polar surface area (TPSA) is 26.0 Å². The van der Waals surface area contributed by atoms with Gasteiger partial charge in [0.1, 0.15) is 5.82 Å². The van der Waals surface area contributed by atoms with Crippen molar-refractivity contribution in [2.24, 2.45) is 11.7 Å². The molecule has 0 amide bonds. The lowest BCUT2D eigenvalue weighted by molar-refractivity contribution is 0.506. The van der Waals surface area contributed by atoms with Gasteiger partial charge in [0.05, 0.1) is 0 Å². The van der Waals surface area contributed by atoms with Gasteiger partial charge in [-0.3, -0.25) is 0 Å². The van der Waals surface area contributed by atoms with Crippen molar-refractivity contribution in [1.29, 1.82) is 0 Å². The molecule has 0 aliphatic carbocycles. The van der Waals surface area contributed by atoms with Crippen LogP contribution < -0.4 is 5.73 Å². The van der Waals surface area contributed by atoms with Crippen LogP contribution in [0, 0.1) is 18.7 Å². The summed E-state index contributed by atoms with van der Waals surface area (Å²) in [6, 6.07) is 4.99. The van der Waals surface area contributed by atoms with Crippen LogP contribution in [0.1, 0.15) is 31.0 Å². The van der Waals surface area contributed by atoms with Gasteiger partial charge in [0.15, 0.2) is 0 Å². The monoisotopic (exact) mass is 181 g/mol. The molecule has 13 heavy (non-hydrogen) atoms. The Kier molecular flexibility index (Phi) is 3.04. The second kappa shape index (κ2) is 3.88. The molecule has 0 spiro atoms. The number of rotatable bonds is 2. The van der Waals surface area contributed by atoms with E-state index < -0.39 is 0 Å². The summed E-state index contributed by atoms with van der Waals surface area (Å²) in [6.07, 6.45) is 0. The van der Waals surface area contributed by atoms with Gasteiger partial charge in [-0.05, 0) is 30.0 Å². The number of nitrogens with two attached hydrogens (primary N) is 1. The largest absolute Gasteiger partial charge is 0.324 e. The van der Waals surface area contributed by atoms with E-state index in [-0.39, 0.29) is 11.9 Å². The molecule has 0 aliphatic heterocycles. The first-order chi connectivity index (χ1) is 6.04. The summed E-state index contributed by atoms with van der Waals surface area (Å²) in [6.45, 7) is 5.84. The molecule has 2 heteroatoms. The predicted molar refractivity (Wildman–Crippen MR) is 52.9 cm³/mol. The minimum absolute atomic E-state index is 0.0734. The van der Waals surface area contributed by atoms with Crippen molar-refractivity contribution < 1.29 is 4.39 Å². The van der Waals surface area contributed by atoms with Crippen molar-refractivity contribution in [3.05, 3.63) is 35.1 Å². The van der Waals surface area contributed by atoms with Gasteiger partial charge in [0, 0.05) is 6.04 Å². The third-order valence-corrected chi connectivity index (χ3v) is 2.39. The second-order valence-corrected chi connectivity index (χ2v) is 3.72. The molecule has 1 aromatic rings. The molecule has 1 rings (SSSR count). The highest BCUT2D eigenvalue weighted by atomic mass is 19.1. The number of halogens is 1. The van der Waals surface area contributed by atoms with E-state index in [1.54, 1.807) is 13.0 Å². The average Bonchev–Trinajstić information content (AvgIpc) is 2.08. The zero-order chi connectivity index (χ0) is 10.0. The summed E-state index contributed by atoms with van der Waals surface area (Å²) >= 11 is 0. The maximum atomic E-state index is 13.1. The van der Waals surface area contributed by atoms with Crippen molar-refractivity contribution in [2.45, 2.75) is 26.8 Å². The Labute approximate surface area is 78.8 Å². The molecule has 0 bridgehead atoms. The molecule has 1 aromatic carbocycles. The molecule has 0 saturated carbocycles. The second-order valence-electron chi connectivity index (χ2n) is 3.72. The standard InChI is InChI=1S/C11H16FN/c1-7(2)11(13)9-5-4-6-10(12)8(9)3/h4-7,11H,13H2,1-3H3/t11-/m0/s1. The molecule has 0 aliphatic rings. The minimum atomic E-state index is -0.173. The third kappa shape index (κ3) is 2.07. The maximum Gasteiger partial charge on any atom is 0.126 e. The van der Waals surface area contributed by atoms with Gasteiger partial charge >= 0.3 is 0 Å². The van der Waals surface area contributed by atoms with Crippen molar-refractivity contribution in [2.75, 3.05) is 0 Å². The van der Waals surface area contributed by atoms with Crippen LogP contribution in [-0.4, -0.2) is 0 Å². The molecule has 1 atom stereocenters. The van der Waals surface area contributed by atoms with Crippen LogP contribution in [0.4, 0.5) is 4.39 Å². The normalized spacial score (nSPS) is 13.4. The van der Waals surface area contributed by atoms with Crippen LogP contribution in [0.3, 0.4) is 0 Å². The zero-order valence-electron chi connectivity index (χ0n) is 8.34. The molecule has 0 aromatic heterocycles. The summed E-state index contributed by atoms with van der Waals surface area (Å²) in [5.74, 6) is 0.161. The average molecular weight is 181 g/mol. The van der Waals surface area contributed by atoms with Gasteiger partial charge in [0.25, 0.3) is 0 Å². The number of hydrogen-bond acceptors (Lipinski definition) is 1. The Hall–Kier alpha value is -0.890. The fraction of sp³-hybridized carbons (Fsp3) is 0.455. The molecule has 0 radical (unpaired) electrons. The Morgan fingerprint density at radius 1 is 1.31 bits per heavy atom.